The molecule has 1 aromatic carbocycles. The highest BCUT2D eigenvalue weighted by molar-refractivity contribution is 7.89. The summed E-state index contributed by atoms with van der Waals surface area (Å²) in [6, 6.07) is 3.54. The van der Waals surface area contributed by atoms with Crippen molar-refractivity contribution in [2.75, 3.05) is 26.2 Å². The number of nitro groups is 1. The van der Waals surface area contributed by atoms with Crippen LogP contribution < -0.4 is 0 Å². The lowest BCUT2D eigenvalue weighted by Crippen LogP contribution is -2.43. The average molecular weight is 535 g/mol. The topological polar surface area (TPSA) is 121 Å². The predicted octanol–water partition coefficient (Wildman–Crippen LogP) is 3.56. The molecule has 1 aromatic rings. The van der Waals surface area contributed by atoms with E-state index in [4.69, 9.17) is 0 Å². The lowest BCUT2D eigenvalue weighted by atomic mass is 9.94. The number of nitrogens with zero attached hydrogens (tertiary/aromatic N) is 4. The van der Waals surface area contributed by atoms with E-state index in [1.807, 2.05) is 6.92 Å². The summed E-state index contributed by atoms with van der Waals surface area (Å²) in [7, 11) is -4.20. The Morgan fingerprint density at radius 3 is 2.41 bits per heavy atom. The molecule has 0 saturated carbocycles. The first kappa shape index (κ1) is 27.5. The van der Waals surface area contributed by atoms with Gasteiger partial charge in [-0.1, -0.05) is 26.2 Å². The third-order valence-corrected chi connectivity index (χ3v) is 9.84. The highest BCUT2D eigenvalue weighted by Gasteiger charge is 2.58. The van der Waals surface area contributed by atoms with Crippen molar-refractivity contribution in [3.8, 4) is 0 Å². The molecular weight excluding hydrogens is 496 g/mol. The van der Waals surface area contributed by atoms with Crippen molar-refractivity contribution in [3.05, 3.63) is 34.4 Å². The minimum atomic E-state index is -4.20. The van der Waals surface area contributed by atoms with Gasteiger partial charge in [-0.2, -0.15) is 0 Å². The van der Waals surface area contributed by atoms with E-state index >= 15 is 0 Å². The molecule has 3 heterocycles. The van der Waals surface area contributed by atoms with E-state index in [1.165, 1.54) is 44.5 Å². The van der Waals surface area contributed by atoms with Gasteiger partial charge < -0.3 is 9.80 Å². The van der Waals surface area contributed by atoms with Crippen LogP contribution in [0, 0.1) is 16.0 Å². The van der Waals surface area contributed by atoms with Crippen molar-refractivity contribution < 1.29 is 22.9 Å². The number of benzene rings is 1. The predicted molar refractivity (Wildman–Crippen MR) is 138 cm³/mol. The normalized spacial score (nSPS) is 24.5. The van der Waals surface area contributed by atoms with Crippen LogP contribution in [-0.2, 0) is 19.6 Å². The molecule has 204 valence electrons. The number of unbranched alkanes of at least 4 members (excludes halogenated alkanes) is 2. The lowest BCUT2D eigenvalue weighted by molar-refractivity contribution is -0.384. The zero-order valence-corrected chi connectivity index (χ0v) is 22.4. The molecule has 0 aromatic heterocycles. The molecule has 0 bridgehead atoms. The Hall–Kier alpha value is -2.53. The number of hydrogen-bond acceptors (Lipinski definition) is 7. The molecule has 2 amide bonds. The number of fused-ring (bicyclic) bond motifs is 1. The number of nitro benzene ring substituents is 1. The molecule has 0 unspecified atom stereocenters. The summed E-state index contributed by atoms with van der Waals surface area (Å²) in [6.07, 6.45) is 8.70. The Balaban J connectivity index is 1.41. The number of sulfonamides is 1. The number of amides is 2. The summed E-state index contributed by atoms with van der Waals surface area (Å²) in [5.74, 6) is -1.04. The van der Waals surface area contributed by atoms with Gasteiger partial charge in [-0.3, -0.25) is 19.7 Å². The molecule has 0 N–H and O–H groups in total. The number of non-ortho nitro benzene ring substituents is 1. The van der Waals surface area contributed by atoms with Crippen LogP contribution in [0.5, 0.6) is 0 Å². The zero-order chi connectivity index (χ0) is 26.6. The van der Waals surface area contributed by atoms with Crippen LogP contribution in [0.2, 0.25) is 0 Å². The standard InChI is InChI=1S/C26H38N4O6S/c1-2-9-22-25-23(29(26(22)32)37(35,36)21-13-11-20(12-14-21)30(33)34)15-19-28(25)24(31)10-5-3-6-16-27-17-7-4-8-18-27/h11-14,22-23,25H,2-10,15-19H2,1H3/t22-,23+,25-/m1/s1. The Morgan fingerprint density at radius 2 is 1.76 bits per heavy atom. The summed E-state index contributed by atoms with van der Waals surface area (Å²) < 4.78 is 28.0. The Morgan fingerprint density at radius 1 is 1.05 bits per heavy atom. The number of rotatable bonds is 11. The quantitative estimate of drug-likeness (QED) is 0.242. The molecule has 0 aliphatic carbocycles. The fraction of sp³-hybridized carbons (Fsp3) is 0.692. The monoisotopic (exact) mass is 534 g/mol. The summed E-state index contributed by atoms with van der Waals surface area (Å²) in [5.41, 5.74) is -0.220. The molecular formula is C26H38N4O6S. The second kappa shape index (κ2) is 11.9. The second-order valence-corrected chi connectivity index (χ2v) is 12.2. The lowest BCUT2D eigenvalue weighted by Gasteiger charge is -2.28. The number of hydrogen-bond donors (Lipinski definition) is 0. The van der Waals surface area contributed by atoms with Gasteiger partial charge in [-0.05, 0) is 70.3 Å². The maximum atomic E-state index is 13.5. The Kier molecular flexibility index (Phi) is 8.84. The van der Waals surface area contributed by atoms with Gasteiger partial charge in [0, 0.05) is 25.1 Å². The molecule has 3 aliphatic rings. The van der Waals surface area contributed by atoms with Crippen molar-refractivity contribution in [2.24, 2.45) is 5.92 Å². The molecule has 3 saturated heterocycles. The van der Waals surface area contributed by atoms with E-state index in [-0.39, 0.29) is 16.5 Å². The molecule has 3 atom stereocenters. The number of carbonyl (C=O) groups is 2. The fourth-order valence-electron chi connectivity index (χ4n) is 6.17. The van der Waals surface area contributed by atoms with Gasteiger partial charge in [-0.15, -0.1) is 0 Å². The highest BCUT2D eigenvalue weighted by Crippen LogP contribution is 2.42. The third-order valence-electron chi connectivity index (χ3n) is 8.01. The molecule has 0 spiro atoms. The number of piperidine rings is 1. The van der Waals surface area contributed by atoms with Gasteiger partial charge in [0.25, 0.3) is 15.7 Å². The Bertz CT molecular complexity index is 1090. The van der Waals surface area contributed by atoms with Crippen LogP contribution in [0.4, 0.5) is 5.69 Å². The Labute approximate surface area is 219 Å². The van der Waals surface area contributed by atoms with E-state index in [1.54, 1.807) is 4.90 Å². The van der Waals surface area contributed by atoms with Crippen LogP contribution in [0.15, 0.2) is 29.2 Å². The van der Waals surface area contributed by atoms with E-state index in [2.05, 4.69) is 4.90 Å². The average Bonchev–Trinajstić information content (AvgIpc) is 3.42. The second-order valence-electron chi connectivity index (χ2n) is 10.4. The van der Waals surface area contributed by atoms with Crippen LogP contribution in [-0.4, -0.2) is 77.5 Å². The summed E-state index contributed by atoms with van der Waals surface area (Å²) in [5, 5.41) is 11.0. The first-order valence-electron chi connectivity index (χ1n) is 13.6. The summed E-state index contributed by atoms with van der Waals surface area (Å²) >= 11 is 0. The van der Waals surface area contributed by atoms with E-state index in [0.717, 1.165) is 42.2 Å². The van der Waals surface area contributed by atoms with Gasteiger partial charge in [0.1, 0.15) is 0 Å². The van der Waals surface area contributed by atoms with Gasteiger partial charge in [0.15, 0.2) is 0 Å². The van der Waals surface area contributed by atoms with Crippen molar-refractivity contribution >= 4 is 27.5 Å². The molecule has 3 aliphatic heterocycles. The molecule has 4 rings (SSSR count). The van der Waals surface area contributed by atoms with Crippen LogP contribution in [0.1, 0.15) is 71.1 Å². The van der Waals surface area contributed by atoms with E-state index in [0.29, 0.717) is 32.2 Å². The smallest absolute Gasteiger partial charge is 0.269 e. The number of likely N-dealkylation sites (tertiary alicyclic amines) is 2. The van der Waals surface area contributed by atoms with Crippen molar-refractivity contribution in [3.63, 3.8) is 0 Å². The van der Waals surface area contributed by atoms with Gasteiger partial charge in [0.2, 0.25) is 11.8 Å². The SMILES string of the molecule is CCC[C@H]1C(=O)N(S(=O)(=O)c2ccc([N+](=O)[O-])cc2)[C@H]2CCN(C(=O)CCCCCN3CCCCC3)[C@H]12. The van der Waals surface area contributed by atoms with Crippen molar-refractivity contribution in [2.45, 2.75) is 88.1 Å². The van der Waals surface area contributed by atoms with Crippen molar-refractivity contribution in [1.29, 1.82) is 0 Å². The minimum Gasteiger partial charge on any atom is -0.337 e. The van der Waals surface area contributed by atoms with Crippen LogP contribution in [0.3, 0.4) is 0 Å². The zero-order valence-electron chi connectivity index (χ0n) is 21.6. The maximum absolute atomic E-state index is 13.5. The largest absolute Gasteiger partial charge is 0.337 e. The molecule has 37 heavy (non-hydrogen) atoms. The van der Waals surface area contributed by atoms with Gasteiger partial charge >= 0.3 is 0 Å². The van der Waals surface area contributed by atoms with Gasteiger partial charge in [0.05, 0.1) is 27.8 Å². The highest BCUT2D eigenvalue weighted by atomic mass is 32.2. The van der Waals surface area contributed by atoms with Gasteiger partial charge in [-0.25, -0.2) is 12.7 Å². The minimum absolute atomic E-state index is 0.00559. The summed E-state index contributed by atoms with van der Waals surface area (Å²) in [4.78, 5) is 41.1. The molecule has 11 heteroatoms. The molecule has 3 fully saturated rings. The first-order valence-corrected chi connectivity index (χ1v) is 15.0. The fourth-order valence-corrected chi connectivity index (χ4v) is 7.84. The third kappa shape index (κ3) is 5.82. The van der Waals surface area contributed by atoms with E-state index in [9.17, 15) is 28.1 Å². The molecule has 0 radical (unpaired) electrons. The summed E-state index contributed by atoms with van der Waals surface area (Å²) in [6.45, 7) is 5.79. The van der Waals surface area contributed by atoms with E-state index < -0.39 is 38.9 Å². The van der Waals surface area contributed by atoms with Crippen LogP contribution >= 0.6 is 0 Å². The van der Waals surface area contributed by atoms with Crippen LogP contribution in [0.25, 0.3) is 0 Å². The molecule has 10 nitrogen and oxygen atoms in total. The van der Waals surface area contributed by atoms with Crippen molar-refractivity contribution in [1.82, 2.24) is 14.1 Å². The first-order chi connectivity index (χ1) is 17.8. The maximum Gasteiger partial charge on any atom is 0.269 e. The number of carbonyl (C=O) groups excluding carboxylic acids is 2.